The molecule has 17 heavy (non-hydrogen) atoms. The fourth-order valence-corrected chi connectivity index (χ4v) is 2.25. The van der Waals surface area contributed by atoms with Crippen molar-refractivity contribution in [2.75, 3.05) is 5.43 Å². The molecular formula is C9H12N6OS. The fraction of sp³-hybridized carbons (Fsp3) is 0.444. The van der Waals surface area contributed by atoms with E-state index in [1.54, 1.807) is 15.3 Å². The number of rotatable bonds is 4. The van der Waals surface area contributed by atoms with Crippen LogP contribution in [-0.2, 0) is 6.54 Å². The molecule has 0 spiro atoms. The second-order valence-corrected chi connectivity index (χ2v) is 4.79. The lowest BCUT2D eigenvalue weighted by Gasteiger charge is -2.00. The Bertz CT molecular complexity index is 580. The van der Waals surface area contributed by atoms with Crippen molar-refractivity contribution in [3.63, 3.8) is 0 Å². The molecule has 0 atom stereocenters. The summed E-state index contributed by atoms with van der Waals surface area (Å²) >= 11 is 1.18. The van der Waals surface area contributed by atoms with Crippen LogP contribution in [-0.4, -0.2) is 18.7 Å². The number of nitrogens with one attached hydrogen (secondary N) is 1. The van der Waals surface area contributed by atoms with Crippen molar-refractivity contribution in [2.45, 2.75) is 25.4 Å². The van der Waals surface area contributed by atoms with E-state index in [0.29, 0.717) is 23.3 Å². The number of hydrogen-bond donors (Lipinski definition) is 2. The minimum atomic E-state index is 0.00321. The van der Waals surface area contributed by atoms with Gasteiger partial charge in [0.2, 0.25) is 0 Å². The molecule has 8 heteroatoms. The molecule has 3 N–H and O–H groups in total. The van der Waals surface area contributed by atoms with E-state index in [9.17, 15) is 4.79 Å². The van der Waals surface area contributed by atoms with Gasteiger partial charge in [0.25, 0.3) is 0 Å². The summed E-state index contributed by atoms with van der Waals surface area (Å²) in [6.45, 7) is 0.397. The Kier molecular flexibility index (Phi) is 2.45. The molecular weight excluding hydrogens is 240 g/mol. The molecule has 2 aromatic rings. The molecule has 0 aliphatic heterocycles. The first-order valence-corrected chi connectivity index (χ1v) is 6.12. The van der Waals surface area contributed by atoms with Crippen LogP contribution in [0.5, 0.6) is 0 Å². The molecule has 7 nitrogen and oxygen atoms in total. The van der Waals surface area contributed by atoms with Gasteiger partial charge in [0.15, 0.2) is 0 Å². The van der Waals surface area contributed by atoms with E-state index in [2.05, 4.69) is 15.0 Å². The van der Waals surface area contributed by atoms with Crippen molar-refractivity contribution in [2.24, 2.45) is 5.84 Å². The Balaban J connectivity index is 1.88. The second-order valence-electron chi connectivity index (χ2n) is 4.04. The first-order chi connectivity index (χ1) is 8.29. The summed E-state index contributed by atoms with van der Waals surface area (Å²) in [5.41, 5.74) is 3.22. The second kappa shape index (κ2) is 3.97. The van der Waals surface area contributed by atoms with Gasteiger partial charge in [-0.1, -0.05) is 4.49 Å². The third kappa shape index (κ3) is 1.85. The van der Waals surface area contributed by atoms with Gasteiger partial charge in [-0.05, 0) is 12.8 Å². The largest absolute Gasteiger partial charge is 0.328 e. The Morgan fingerprint density at radius 3 is 3.06 bits per heavy atom. The van der Waals surface area contributed by atoms with E-state index < -0.39 is 0 Å². The van der Waals surface area contributed by atoms with Crippen LogP contribution in [0.15, 0.2) is 17.2 Å². The molecule has 0 unspecified atom stereocenters. The number of anilines is 1. The number of imidazole rings is 1. The maximum Gasteiger partial charge on any atom is 0.328 e. The highest BCUT2D eigenvalue weighted by molar-refractivity contribution is 7.10. The Labute approximate surface area is 101 Å². The average Bonchev–Trinajstić information content (AvgIpc) is 2.97. The van der Waals surface area contributed by atoms with Gasteiger partial charge in [0.05, 0.1) is 6.54 Å². The van der Waals surface area contributed by atoms with Gasteiger partial charge in [0.1, 0.15) is 10.7 Å². The van der Waals surface area contributed by atoms with Crippen LogP contribution >= 0.6 is 11.5 Å². The summed E-state index contributed by atoms with van der Waals surface area (Å²) in [4.78, 5) is 12.0. The van der Waals surface area contributed by atoms with Gasteiger partial charge >= 0.3 is 5.69 Å². The fourth-order valence-electron chi connectivity index (χ4n) is 1.76. The Morgan fingerprint density at radius 1 is 1.53 bits per heavy atom. The minimum absolute atomic E-state index is 0.00321. The molecule has 2 heterocycles. The molecule has 0 bridgehead atoms. The first kappa shape index (κ1) is 10.5. The van der Waals surface area contributed by atoms with Crippen LogP contribution in [0, 0.1) is 0 Å². The van der Waals surface area contributed by atoms with Crippen LogP contribution < -0.4 is 17.0 Å². The molecule has 1 aliphatic rings. The zero-order chi connectivity index (χ0) is 11.8. The summed E-state index contributed by atoms with van der Waals surface area (Å²) < 4.78 is 7.19. The number of hydrazine groups is 1. The number of nitrogen functional groups attached to an aromatic ring is 1. The van der Waals surface area contributed by atoms with Crippen molar-refractivity contribution in [3.05, 3.63) is 28.6 Å². The van der Waals surface area contributed by atoms with E-state index in [1.807, 2.05) is 6.20 Å². The molecule has 90 valence electrons. The average molecular weight is 252 g/mol. The molecule has 1 saturated carbocycles. The van der Waals surface area contributed by atoms with Gasteiger partial charge in [-0.15, -0.1) is 5.10 Å². The van der Waals surface area contributed by atoms with Crippen molar-refractivity contribution < 1.29 is 0 Å². The molecule has 0 saturated heterocycles. The van der Waals surface area contributed by atoms with Crippen LogP contribution in [0.25, 0.3) is 0 Å². The topological polar surface area (TPSA) is 90.8 Å². The number of nitrogens with zero attached hydrogens (tertiary/aromatic N) is 4. The number of hydrogen-bond acceptors (Lipinski definition) is 6. The van der Waals surface area contributed by atoms with E-state index in [1.165, 1.54) is 11.5 Å². The molecule has 1 fully saturated rings. The van der Waals surface area contributed by atoms with Gasteiger partial charge in [-0.25, -0.2) is 10.6 Å². The SMILES string of the molecule is NNc1snnc1Cn1ccn(C2CC2)c1=O. The summed E-state index contributed by atoms with van der Waals surface area (Å²) in [6, 6.07) is 0.393. The highest BCUT2D eigenvalue weighted by Gasteiger charge is 2.25. The third-order valence-electron chi connectivity index (χ3n) is 2.82. The molecule has 0 radical (unpaired) electrons. The molecule has 1 aliphatic carbocycles. The minimum Gasteiger partial charge on any atom is -0.313 e. The van der Waals surface area contributed by atoms with Crippen LogP contribution in [0.2, 0.25) is 0 Å². The lowest BCUT2D eigenvalue weighted by molar-refractivity contribution is 0.650. The maximum absolute atomic E-state index is 12.0. The van der Waals surface area contributed by atoms with E-state index in [-0.39, 0.29) is 5.69 Å². The number of nitrogens with two attached hydrogens (primary N) is 1. The molecule has 0 amide bonds. The van der Waals surface area contributed by atoms with Crippen molar-refractivity contribution >= 4 is 16.5 Å². The highest BCUT2D eigenvalue weighted by Crippen LogP contribution is 2.33. The zero-order valence-electron chi connectivity index (χ0n) is 9.04. The quantitative estimate of drug-likeness (QED) is 0.598. The molecule has 3 rings (SSSR count). The maximum atomic E-state index is 12.0. The Morgan fingerprint density at radius 2 is 2.35 bits per heavy atom. The van der Waals surface area contributed by atoms with Gasteiger partial charge < -0.3 is 5.43 Å². The summed E-state index contributed by atoms with van der Waals surface area (Å²) in [7, 11) is 0. The summed E-state index contributed by atoms with van der Waals surface area (Å²) in [5, 5.41) is 4.64. The van der Waals surface area contributed by atoms with Gasteiger partial charge in [0, 0.05) is 30.0 Å². The molecule has 0 aromatic carbocycles. The van der Waals surface area contributed by atoms with Crippen molar-refractivity contribution in [1.29, 1.82) is 0 Å². The van der Waals surface area contributed by atoms with Crippen LogP contribution in [0.1, 0.15) is 24.6 Å². The highest BCUT2D eigenvalue weighted by atomic mass is 32.1. The van der Waals surface area contributed by atoms with Crippen LogP contribution in [0.4, 0.5) is 5.00 Å². The van der Waals surface area contributed by atoms with Gasteiger partial charge in [-0.3, -0.25) is 9.13 Å². The lowest BCUT2D eigenvalue weighted by Crippen LogP contribution is -2.24. The van der Waals surface area contributed by atoms with E-state index >= 15 is 0 Å². The third-order valence-corrected chi connectivity index (χ3v) is 3.52. The zero-order valence-corrected chi connectivity index (χ0v) is 9.85. The Hall–Kier alpha value is -1.67. The van der Waals surface area contributed by atoms with Crippen LogP contribution in [0.3, 0.4) is 0 Å². The van der Waals surface area contributed by atoms with Gasteiger partial charge in [-0.2, -0.15) is 0 Å². The van der Waals surface area contributed by atoms with Crippen molar-refractivity contribution in [1.82, 2.24) is 18.7 Å². The normalized spacial score (nSPS) is 15.1. The summed E-state index contributed by atoms with van der Waals surface area (Å²) in [5.74, 6) is 5.34. The standard InChI is InChI=1S/C9H12N6OS/c10-11-8-7(12-13-17-8)5-14-3-4-15(9(14)16)6-1-2-6/h3-4,6,11H,1-2,5,10H2. The van der Waals surface area contributed by atoms with E-state index in [4.69, 9.17) is 5.84 Å². The monoisotopic (exact) mass is 252 g/mol. The smallest absolute Gasteiger partial charge is 0.313 e. The summed E-state index contributed by atoms with van der Waals surface area (Å²) in [6.07, 6.45) is 5.80. The first-order valence-electron chi connectivity index (χ1n) is 5.34. The van der Waals surface area contributed by atoms with E-state index in [0.717, 1.165) is 12.8 Å². The number of aromatic nitrogens is 4. The lowest BCUT2D eigenvalue weighted by atomic mass is 10.4. The molecule has 2 aromatic heterocycles. The predicted molar refractivity (Wildman–Crippen MR) is 63.8 cm³/mol. The van der Waals surface area contributed by atoms with Crippen molar-refractivity contribution in [3.8, 4) is 0 Å². The predicted octanol–water partition coefficient (Wildman–Crippen LogP) is 0.170.